The normalized spacial score (nSPS) is 12.3. The molecule has 0 aliphatic rings. The molecule has 2 aromatic rings. The summed E-state index contributed by atoms with van der Waals surface area (Å²) in [6, 6.07) is 12.1. The van der Waals surface area contributed by atoms with Crippen molar-refractivity contribution >= 4 is 33.2 Å². The highest BCUT2D eigenvalue weighted by atomic mass is 32.2. The molecular weight excluding hydrogens is 354 g/mol. The van der Waals surface area contributed by atoms with Crippen LogP contribution in [-0.4, -0.2) is 32.5 Å². The maximum Gasteiger partial charge on any atom is 0.250 e. The number of nitrogens with zero attached hydrogens (tertiary/aromatic N) is 1. The first-order chi connectivity index (χ1) is 12.1. The Morgan fingerprint density at radius 3 is 2.35 bits per heavy atom. The van der Waals surface area contributed by atoms with Gasteiger partial charge < -0.3 is 11.1 Å². The molecule has 0 saturated heterocycles. The van der Waals surface area contributed by atoms with Gasteiger partial charge in [0.2, 0.25) is 15.9 Å². The zero-order chi connectivity index (χ0) is 19.5. The van der Waals surface area contributed by atoms with E-state index in [1.807, 2.05) is 13.0 Å². The molecule has 7 nitrogen and oxygen atoms in total. The number of hydrogen-bond acceptors (Lipinski definition) is 4. The zero-order valence-electron chi connectivity index (χ0n) is 14.8. The molecule has 2 rings (SSSR count). The van der Waals surface area contributed by atoms with Gasteiger partial charge >= 0.3 is 0 Å². The van der Waals surface area contributed by atoms with Crippen LogP contribution in [0.25, 0.3) is 0 Å². The van der Waals surface area contributed by atoms with Crippen LogP contribution >= 0.6 is 0 Å². The van der Waals surface area contributed by atoms with E-state index in [-0.39, 0.29) is 11.3 Å². The van der Waals surface area contributed by atoms with Crippen molar-refractivity contribution in [3.63, 3.8) is 0 Å². The van der Waals surface area contributed by atoms with Gasteiger partial charge in [-0.2, -0.15) is 0 Å². The summed E-state index contributed by atoms with van der Waals surface area (Å²) in [6.45, 7) is 3.31. The van der Waals surface area contributed by atoms with Gasteiger partial charge in [-0.3, -0.25) is 13.9 Å². The second-order valence-corrected chi connectivity index (χ2v) is 7.83. The predicted octanol–water partition coefficient (Wildman–Crippen LogP) is 1.89. The predicted molar refractivity (Wildman–Crippen MR) is 102 cm³/mol. The first-order valence-corrected chi connectivity index (χ1v) is 9.72. The SMILES string of the molecule is Cc1cccc(N([C@@H](C)C(=O)Nc2ccccc2C(N)=O)S(C)(=O)=O)c1. The fraction of sp³-hybridized carbons (Fsp3) is 0.222. The molecule has 0 spiro atoms. The van der Waals surface area contributed by atoms with E-state index in [0.717, 1.165) is 16.1 Å². The van der Waals surface area contributed by atoms with Crippen LogP contribution < -0.4 is 15.4 Å². The average molecular weight is 375 g/mol. The highest BCUT2D eigenvalue weighted by Crippen LogP contribution is 2.23. The van der Waals surface area contributed by atoms with Crippen LogP contribution in [0.2, 0.25) is 0 Å². The van der Waals surface area contributed by atoms with Gasteiger partial charge in [-0.15, -0.1) is 0 Å². The number of nitrogens with one attached hydrogen (secondary N) is 1. The van der Waals surface area contributed by atoms with Crippen LogP contribution in [0.1, 0.15) is 22.8 Å². The van der Waals surface area contributed by atoms with E-state index in [4.69, 9.17) is 5.73 Å². The summed E-state index contributed by atoms with van der Waals surface area (Å²) in [5.41, 5.74) is 6.94. The third kappa shape index (κ3) is 4.40. The largest absolute Gasteiger partial charge is 0.366 e. The summed E-state index contributed by atoms with van der Waals surface area (Å²) in [5.74, 6) is -1.27. The smallest absolute Gasteiger partial charge is 0.250 e. The number of carbonyl (C=O) groups is 2. The number of para-hydroxylation sites is 1. The third-order valence-corrected chi connectivity index (χ3v) is 5.04. The molecule has 0 fully saturated rings. The molecule has 2 aromatic carbocycles. The number of amides is 2. The van der Waals surface area contributed by atoms with Gasteiger partial charge in [-0.05, 0) is 43.7 Å². The first-order valence-electron chi connectivity index (χ1n) is 7.87. The minimum Gasteiger partial charge on any atom is -0.366 e. The maximum atomic E-state index is 12.7. The Hall–Kier alpha value is -2.87. The Kier molecular flexibility index (Phi) is 5.66. The zero-order valence-corrected chi connectivity index (χ0v) is 15.6. The molecule has 1 atom stereocenters. The lowest BCUT2D eigenvalue weighted by Crippen LogP contribution is -2.45. The third-order valence-electron chi connectivity index (χ3n) is 3.80. The number of rotatable bonds is 6. The lowest BCUT2D eigenvalue weighted by Gasteiger charge is -2.28. The Balaban J connectivity index is 2.36. The molecule has 0 heterocycles. The Bertz CT molecular complexity index is 941. The maximum absolute atomic E-state index is 12.7. The van der Waals surface area contributed by atoms with Crippen LogP contribution in [0.4, 0.5) is 11.4 Å². The lowest BCUT2D eigenvalue weighted by molar-refractivity contribution is -0.116. The minimum atomic E-state index is -3.72. The summed E-state index contributed by atoms with van der Waals surface area (Å²) in [4.78, 5) is 24.2. The van der Waals surface area contributed by atoms with Crippen LogP contribution in [-0.2, 0) is 14.8 Å². The van der Waals surface area contributed by atoms with Crippen molar-refractivity contribution in [1.29, 1.82) is 0 Å². The van der Waals surface area contributed by atoms with Crippen LogP contribution in [0.3, 0.4) is 0 Å². The minimum absolute atomic E-state index is 0.148. The van der Waals surface area contributed by atoms with Crippen molar-refractivity contribution in [2.45, 2.75) is 19.9 Å². The van der Waals surface area contributed by atoms with Gasteiger partial charge in [0.05, 0.1) is 23.2 Å². The molecule has 2 amide bonds. The highest BCUT2D eigenvalue weighted by Gasteiger charge is 2.29. The van der Waals surface area contributed by atoms with E-state index in [0.29, 0.717) is 5.69 Å². The molecule has 8 heteroatoms. The molecule has 0 radical (unpaired) electrons. The molecule has 0 aliphatic heterocycles. The Morgan fingerprint density at radius 1 is 1.12 bits per heavy atom. The lowest BCUT2D eigenvalue weighted by atomic mass is 10.1. The Labute approximate surface area is 152 Å². The quantitative estimate of drug-likeness (QED) is 0.803. The summed E-state index contributed by atoms with van der Waals surface area (Å²) in [7, 11) is -3.72. The van der Waals surface area contributed by atoms with Crippen molar-refractivity contribution < 1.29 is 18.0 Å². The highest BCUT2D eigenvalue weighted by molar-refractivity contribution is 7.92. The van der Waals surface area contributed by atoms with E-state index in [1.165, 1.54) is 19.1 Å². The van der Waals surface area contributed by atoms with Gasteiger partial charge in [0.15, 0.2) is 0 Å². The summed E-state index contributed by atoms with van der Waals surface area (Å²) >= 11 is 0. The number of aryl methyl sites for hydroxylation is 1. The van der Waals surface area contributed by atoms with Gasteiger partial charge in [0, 0.05) is 0 Å². The van der Waals surface area contributed by atoms with E-state index < -0.39 is 27.9 Å². The fourth-order valence-corrected chi connectivity index (χ4v) is 3.78. The van der Waals surface area contributed by atoms with E-state index in [2.05, 4.69) is 5.32 Å². The first kappa shape index (κ1) is 19.5. The molecule has 0 bridgehead atoms. The number of nitrogens with two attached hydrogens (primary N) is 1. The van der Waals surface area contributed by atoms with Gasteiger partial charge in [-0.1, -0.05) is 24.3 Å². The second kappa shape index (κ2) is 7.57. The van der Waals surface area contributed by atoms with Crippen molar-refractivity contribution in [2.24, 2.45) is 5.73 Å². The van der Waals surface area contributed by atoms with Gasteiger partial charge in [-0.25, -0.2) is 8.42 Å². The fourth-order valence-electron chi connectivity index (χ4n) is 2.62. The van der Waals surface area contributed by atoms with Crippen LogP contribution in [0.15, 0.2) is 48.5 Å². The molecule has 0 unspecified atom stereocenters. The van der Waals surface area contributed by atoms with E-state index in [1.54, 1.807) is 30.3 Å². The van der Waals surface area contributed by atoms with Crippen molar-refractivity contribution in [1.82, 2.24) is 0 Å². The molecular formula is C18H21N3O4S. The monoisotopic (exact) mass is 375 g/mol. The molecule has 138 valence electrons. The van der Waals surface area contributed by atoms with Crippen molar-refractivity contribution in [3.8, 4) is 0 Å². The topological polar surface area (TPSA) is 110 Å². The number of carbonyl (C=O) groups excluding carboxylic acids is 2. The standard InChI is InChI=1S/C18H21N3O4S/c1-12-7-6-8-14(11-12)21(26(3,24)25)13(2)18(23)20-16-10-5-4-9-15(16)17(19)22/h4-11,13H,1-3H3,(H2,19,22)(H,20,23)/t13-/m0/s1. The molecule has 3 N–H and O–H groups in total. The summed E-state index contributed by atoms with van der Waals surface area (Å²) < 4.78 is 25.6. The number of benzene rings is 2. The van der Waals surface area contributed by atoms with Gasteiger partial charge in [0.1, 0.15) is 6.04 Å². The molecule has 26 heavy (non-hydrogen) atoms. The summed E-state index contributed by atoms with van der Waals surface area (Å²) in [6.07, 6.45) is 1.04. The average Bonchev–Trinajstić information content (AvgIpc) is 2.54. The summed E-state index contributed by atoms with van der Waals surface area (Å²) in [5, 5.41) is 2.58. The number of anilines is 2. The molecule has 0 aromatic heterocycles. The number of hydrogen-bond donors (Lipinski definition) is 2. The van der Waals surface area contributed by atoms with Crippen LogP contribution in [0.5, 0.6) is 0 Å². The van der Waals surface area contributed by atoms with Crippen molar-refractivity contribution in [2.75, 3.05) is 15.9 Å². The van der Waals surface area contributed by atoms with E-state index in [9.17, 15) is 18.0 Å². The number of sulfonamides is 1. The van der Waals surface area contributed by atoms with Crippen LogP contribution in [0, 0.1) is 6.92 Å². The number of primary amides is 1. The van der Waals surface area contributed by atoms with E-state index >= 15 is 0 Å². The van der Waals surface area contributed by atoms with Crippen molar-refractivity contribution in [3.05, 3.63) is 59.7 Å². The molecule has 0 aliphatic carbocycles. The van der Waals surface area contributed by atoms with Gasteiger partial charge in [0.25, 0.3) is 5.91 Å². The molecule has 0 saturated carbocycles. The Morgan fingerprint density at radius 2 is 1.77 bits per heavy atom. The second-order valence-electron chi connectivity index (χ2n) is 5.97.